The summed E-state index contributed by atoms with van der Waals surface area (Å²) in [5, 5.41) is 0.647. The molecule has 0 spiro atoms. The fraction of sp³-hybridized carbons (Fsp3) is 0.318. The molecule has 0 aliphatic rings. The highest BCUT2D eigenvalue weighted by atomic mass is 32.2. The Morgan fingerprint density at radius 2 is 1.94 bits per heavy atom. The Balaban J connectivity index is 1.67. The second kappa shape index (κ2) is 8.99. The van der Waals surface area contributed by atoms with Gasteiger partial charge in [-0.2, -0.15) is 0 Å². The number of nitrogens with zero attached hydrogens (tertiary/aromatic N) is 4. The third-order valence-electron chi connectivity index (χ3n) is 5.30. The largest absolute Gasteiger partial charge is 0.466 e. The Morgan fingerprint density at radius 3 is 2.66 bits per heavy atom. The molecule has 0 saturated heterocycles. The fourth-order valence-electron chi connectivity index (χ4n) is 3.63. The van der Waals surface area contributed by atoms with Gasteiger partial charge in [-0.05, 0) is 25.0 Å². The van der Waals surface area contributed by atoms with E-state index in [0.717, 1.165) is 0 Å². The van der Waals surface area contributed by atoms with Crippen LogP contribution in [0.4, 0.5) is 0 Å². The van der Waals surface area contributed by atoms with Crippen molar-refractivity contribution in [2.45, 2.75) is 26.0 Å². The second-order valence-corrected chi connectivity index (χ2v) is 9.26. The van der Waals surface area contributed by atoms with Gasteiger partial charge in [-0.15, -0.1) is 0 Å². The van der Waals surface area contributed by atoms with Crippen molar-refractivity contribution < 1.29 is 17.9 Å². The number of imidazole rings is 1. The minimum atomic E-state index is -3.67. The van der Waals surface area contributed by atoms with E-state index < -0.39 is 10.0 Å². The van der Waals surface area contributed by atoms with Crippen molar-refractivity contribution in [3.63, 3.8) is 0 Å². The molecule has 32 heavy (non-hydrogen) atoms. The molecule has 3 aromatic heterocycles. The number of carbonyl (C=O) groups excluding carboxylic acids is 1. The molecule has 4 aromatic rings. The van der Waals surface area contributed by atoms with Crippen molar-refractivity contribution >= 4 is 38.1 Å². The number of pyridine rings is 1. The third kappa shape index (κ3) is 4.18. The number of benzene rings is 1. The zero-order valence-corrected chi connectivity index (χ0v) is 18.7. The first-order valence-corrected chi connectivity index (χ1v) is 12.1. The van der Waals surface area contributed by atoms with Crippen LogP contribution in [-0.4, -0.2) is 46.2 Å². The summed E-state index contributed by atoms with van der Waals surface area (Å²) in [7, 11) is -3.67. The smallest absolute Gasteiger partial charge is 0.310 e. The number of ether oxygens (including phenoxy) is 1. The molecule has 1 unspecified atom stereocenters. The molecule has 10 heteroatoms. The Kier molecular flexibility index (Phi) is 6.13. The van der Waals surface area contributed by atoms with Crippen molar-refractivity contribution in [3.8, 4) is 0 Å². The van der Waals surface area contributed by atoms with E-state index in [4.69, 9.17) is 4.74 Å². The van der Waals surface area contributed by atoms with Gasteiger partial charge < -0.3 is 10.2 Å². The monoisotopic (exact) mass is 455 g/mol. The molecule has 0 saturated carbocycles. The summed E-state index contributed by atoms with van der Waals surface area (Å²) in [5.41, 5.74) is 5.55. The number of carbonyl (C=O) groups is 1. The SMILES string of the molecule is CCOC(=O)C(CC)CNn1cnc2cnc3c(ccn3S(=O)(=O)Cc3ccccc3)c21. The average Bonchev–Trinajstić information content (AvgIpc) is 3.39. The highest BCUT2D eigenvalue weighted by Gasteiger charge is 2.21. The lowest BCUT2D eigenvalue weighted by Gasteiger charge is -2.16. The standard InChI is InChI=1S/C22H25N5O4S/c1-3-17(22(28)31-4-2)12-25-26-15-24-19-13-23-21-18(20(19)26)10-11-27(21)32(29,30)14-16-8-6-5-7-9-16/h5-11,13,15,17,25H,3-4,12,14H2,1-2H3. The van der Waals surface area contributed by atoms with Crippen LogP contribution >= 0.6 is 0 Å². The molecule has 0 aliphatic heterocycles. The van der Waals surface area contributed by atoms with Crippen LogP contribution in [0.15, 0.2) is 55.1 Å². The maximum Gasteiger partial charge on any atom is 0.310 e. The van der Waals surface area contributed by atoms with Gasteiger partial charge in [0.2, 0.25) is 10.0 Å². The van der Waals surface area contributed by atoms with Crippen LogP contribution in [0, 0.1) is 5.92 Å². The average molecular weight is 456 g/mol. The van der Waals surface area contributed by atoms with E-state index in [1.54, 1.807) is 42.3 Å². The molecule has 9 nitrogen and oxygen atoms in total. The van der Waals surface area contributed by atoms with Gasteiger partial charge >= 0.3 is 5.97 Å². The lowest BCUT2D eigenvalue weighted by molar-refractivity contribution is -0.147. The second-order valence-electron chi connectivity index (χ2n) is 7.42. The van der Waals surface area contributed by atoms with Crippen molar-refractivity contribution in [2.24, 2.45) is 5.92 Å². The minimum Gasteiger partial charge on any atom is -0.466 e. The Bertz CT molecular complexity index is 1340. The molecular weight excluding hydrogens is 430 g/mol. The Hall–Kier alpha value is -3.40. The van der Waals surface area contributed by atoms with Gasteiger partial charge in [0, 0.05) is 18.1 Å². The van der Waals surface area contributed by atoms with E-state index in [1.807, 2.05) is 25.1 Å². The number of hydrogen-bond acceptors (Lipinski definition) is 7. The predicted octanol–water partition coefficient (Wildman–Crippen LogP) is 2.90. The quantitative estimate of drug-likeness (QED) is 0.387. The van der Waals surface area contributed by atoms with Gasteiger partial charge in [0.25, 0.3) is 0 Å². The summed E-state index contributed by atoms with van der Waals surface area (Å²) >= 11 is 0. The normalized spacial score (nSPS) is 12.8. The summed E-state index contributed by atoms with van der Waals surface area (Å²) in [5.74, 6) is -0.690. The van der Waals surface area contributed by atoms with E-state index in [-0.39, 0.29) is 17.6 Å². The lowest BCUT2D eigenvalue weighted by atomic mass is 10.1. The predicted molar refractivity (Wildman–Crippen MR) is 122 cm³/mol. The number of rotatable bonds is 9. The summed E-state index contributed by atoms with van der Waals surface area (Å²) in [6.45, 7) is 4.40. The van der Waals surface area contributed by atoms with E-state index in [0.29, 0.717) is 47.2 Å². The highest BCUT2D eigenvalue weighted by molar-refractivity contribution is 7.89. The van der Waals surface area contributed by atoms with Crippen molar-refractivity contribution in [3.05, 3.63) is 60.7 Å². The number of fused-ring (bicyclic) bond motifs is 3. The number of hydrogen-bond donors (Lipinski definition) is 1. The first-order valence-electron chi connectivity index (χ1n) is 10.5. The van der Waals surface area contributed by atoms with Gasteiger partial charge in [0.15, 0.2) is 5.65 Å². The van der Waals surface area contributed by atoms with E-state index in [9.17, 15) is 13.2 Å². The van der Waals surface area contributed by atoms with Gasteiger partial charge in [-0.25, -0.2) is 27.0 Å². The molecule has 1 atom stereocenters. The summed E-state index contributed by atoms with van der Waals surface area (Å²) in [4.78, 5) is 20.8. The van der Waals surface area contributed by atoms with E-state index >= 15 is 0 Å². The maximum atomic E-state index is 13.1. The van der Waals surface area contributed by atoms with Gasteiger partial charge in [-0.1, -0.05) is 37.3 Å². The molecule has 1 aromatic carbocycles. The first-order chi connectivity index (χ1) is 15.4. The molecule has 168 valence electrons. The van der Waals surface area contributed by atoms with Crippen LogP contribution < -0.4 is 5.43 Å². The van der Waals surface area contributed by atoms with Crippen LogP contribution in [0.25, 0.3) is 22.1 Å². The maximum absolute atomic E-state index is 13.1. The molecule has 4 rings (SSSR count). The number of aromatic nitrogens is 4. The van der Waals surface area contributed by atoms with E-state index in [1.165, 1.54) is 10.2 Å². The molecule has 3 heterocycles. The molecule has 0 bridgehead atoms. The van der Waals surface area contributed by atoms with Crippen molar-refractivity contribution in [2.75, 3.05) is 18.6 Å². The van der Waals surface area contributed by atoms with Crippen LogP contribution in [0.2, 0.25) is 0 Å². The third-order valence-corrected chi connectivity index (χ3v) is 6.89. The highest BCUT2D eigenvalue weighted by Crippen LogP contribution is 2.25. The van der Waals surface area contributed by atoms with Crippen LogP contribution in [0.3, 0.4) is 0 Å². The molecule has 0 amide bonds. The topological polar surface area (TPSA) is 108 Å². The van der Waals surface area contributed by atoms with Crippen LogP contribution in [0.5, 0.6) is 0 Å². The van der Waals surface area contributed by atoms with Gasteiger partial charge in [-0.3, -0.25) is 4.79 Å². The lowest BCUT2D eigenvalue weighted by Crippen LogP contribution is -2.28. The Labute approximate surface area is 186 Å². The number of nitrogens with one attached hydrogen (secondary N) is 1. The van der Waals surface area contributed by atoms with Crippen LogP contribution in [0.1, 0.15) is 25.8 Å². The van der Waals surface area contributed by atoms with Crippen molar-refractivity contribution in [1.29, 1.82) is 0 Å². The number of esters is 1. The summed E-state index contributed by atoms with van der Waals surface area (Å²) in [6, 6.07) is 10.7. The molecular formula is C22H25N5O4S. The van der Waals surface area contributed by atoms with Gasteiger partial charge in [0.05, 0.1) is 24.5 Å². The van der Waals surface area contributed by atoms with Gasteiger partial charge in [0.1, 0.15) is 17.4 Å². The molecule has 1 N–H and O–H groups in total. The van der Waals surface area contributed by atoms with E-state index in [2.05, 4.69) is 15.4 Å². The molecule has 0 fully saturated rings. The summed E-state index contributed by atoms with van der Waals surface area (Å²) < 4.78 is 34.2. The molecule has 0 aliphatic carbocycles. The first kappa shape index (κ1) is 21.8. The van der Waals surface area contributed by atoms with Crippen LogP contribution in [-0.2, 0) is 25.3 Å². The zero-order chi connectivity index (χ0) is 22.7. The van der Waals surface area contributed by atoms with Crippen molar-refractivity contribution in [1.82, 2.24) is 18.6 Å². The Morgan fingerprint density at radius 1 is 1.16 bits per heavy atom. The summed E-state index contributed by atoms with van der Waals surface area (Å²) in [6.07, 6.45) is 5.29. The molecule has 0 radical (unpaired) electrons. The minimum absolute atomic E-state index is 0.132. The fourth-order valence-corrected chi connectivity index (χ4v) is 5.03. The zero-order valence-electron chi connectivity index (χ0n) is 17.9.